The van der Waals surface area contributed by atoms with Gasteiger partial charge in [0.1, 0.15) is 6.61 Å². The number of amides is 1. The van der Waals surface area contributed by atoms with Crippen LogP contribution in [0.1, 0.15) is 67.6 Å². The van der Waals surface area contributed by atoms with E-state index in [0.29, 0.717) is 22.3 Å². The number of hydrogen-bond donors (Lipinski definition) is 2. The highest BCUT2D eigenvalue weighted by molar-refractivity contribution is 6.56. The van der Waals surface area contributed by atoms with Crippen LogP contribution in [-0.2, 0) is 18.8 Å². The molecule has 9 heteroatoms. The fourth-order valence-electron chi connectivity index (χ4n) is 5.26. The van der Waals surface area contributed by atoms with Gasteiger partial charge in [0.15, 0.2) is 0 Å². The lowest BCUT2D eigenvalue weighted by Gasteiger charge is -2.32. The first-order valence-corrected chi connectivity index (χ1v) is 14.2. The molecule has 8 nitrogen and oxygen atoms in total. The SMILES string of the molecule is CCOC(=O)c1ccc(N)c(C=C(CNC(=O)OCC2c3ccccc3-c3ccccc32)B2OC(C)(C)C(C)(C)O2)c1. The zero-order valence-corrected chi connectivity index (χ0v) is 24.7. The van der Waals surface area contributed by atoms with Gasteiger partial charge in [0, 0.05) is 18.2 Å². The molecule has 1 heterocycles. The Labute approximate surface area is 247 Å². The van der Waals surface area contributed by atoms with Gasteiger partial charge >= 0.3 is 19.2 Å². The van der Waals surface area contributed by atoms with E-state index in [-0.39, 0.29) is 25.7 Å². The molecule has 1 aliphatic heterocycles. The first-order valence-electron chi connectivity index (χ1n) is 14.2. The average Bonchev–Trinajstić information content (AvgIpc) is 3.39. The molecule has 1 aliphatic carbocycles. The molecule has 0 aromatic heterocycles. The second-order valence-corrected chi connectivity index (χ2v) is 11.6. The van der Waals surface area contributed by atoms with Crippen LogP contribution in [0.5, 0.6) is 0 Å². The normalized spacial score (nSPS) is 17.0. The highest BCUT2D eigenvalue weighted by Crippen LogP contribution is 2.44. The molecular formula is C33H37BN2O6. The number of nitrogen functional groups attached to an aromatic ring is 1. The predicted octanol–water partition coefficient (Wildman–Crippen LogP) is 6.00. The molecule has 5 rings (SSSR count). The fraction of sp³-hybridized carbons (Fsp3) is 0.333. The molecule has 0 spiro atoms. The number of carbonyl (C=O) groups excluding carboxylic acids is 2. The number of ether oxygens (including phenoxy) is 2. The van der Waals surface area contributed by atoms with Crippen molar-refractivity contribution >= 4 is 30.9 Å². The number of carbonyl (C=O) groups is 2. The summed E-state index contributed by atoms with van der Waals surface area (Å²) < 4.78 is 23.5. The Morgan fingerprint density at radius 1 is 0.929 bits per heavy atom. The van der Waals surface area contributed by atoms with E-state index in [2.05, 4.69) is 29.6 Å². The van der Waals surface area contributed by atoms with E-state index in [4.69, 9.17) is 24.5 Å². The maximum atomic E-state index is 13.0. The monoisotopic (exact) mass is 568 g/mol. The zero-order chi connectivity index (χ0) is 30.1. The summed E-state index contributed by atoms with van der Waals surface area (Å²) in [6.07, 6.45) is 1.22. The molecule has 0 atom stereocenters. The summed E-state index contributed by atoms with van der Waals surface area (Å²) in [4.78, 5) is 25.4. The van der Waals surface area contributed by atoms with Gasteiger partial charge < -0.3 is 29.8 Å². The maximum absolute atomic E-state index is 13.0. The predicted molar refractivity (Wildman–Crippen MR) is 164 cm³/mol. The van der Waals surface area contributed by atoms with Crippen molar-refractivity contribution in [2.45, 2.75) is 51.7 Å². The van der Waals surface area contributed by atoms with Gasteiger partial charge in [-0.25, -0.2) is 9.59 Å². The van der Waals surface area contributed by atoms with Crippen LogP contribution < -0.4 is 11.1 Å². The number of nitrogens with one attached hydrogen (secondary N) is 1. The number of alkyl carbamates (subject to hydrolysis) is 1. The third kappa shape index (κ3) is 5.80. The van der Waals surface area contributed by atoms with Crippen molar-refractivity contribution in [1.82, 2.24) is 5.32 Å². The highest BCUT2D eigenvalue weighted by atomic mass is 16.7. The average molecular weight is 568 g/mol. The molecule has 1 fully saturated rings. The summed E-state index contributed by atoms with van der Waals surface area (Å²) in [6.45, 7) is 10.1. The Bertz CT molecular complexity index is 1470. The lowest BCUT2D eigenvalue weighted by molar-refractivity contribution is 0.00578. The van der Waals surface area contributed by atoms with Gasteiger partial charge in [-0.15, -0.1) is 0 Å². The Hall–Kier alpha value is -4.08. The van der Waals surface area contributed by atoms with Gasteiger partial charge in [-0.05, 0) is 86.1 Å². The molecule has 3 aromatic carbocycles. The molecule has 0 saturated carbocycles. The summed E-state index contributed by atoms with van der Waals surface area (Å²) in [7, 11) is -0.755. The molecule has 3 aromatic rings. The van der Waals surface area contributed by atoms with Crippen molar-refractivity contribution in [3.8, 4) is 11.1 Å². The lowest BCUT2D eigenvalue weighted by atomic mass is 9.76. The summed E-state index contributed by atoms with van der Waals surface area (Å²) in [5, 5.41) is 2.86. The molecular weight excluding hydrogens is 531 g/mol. The maximum Gasteiger partial charge on any atom is 0.492 e. The van der Waals surface area contributed by atoms with Crippen molar-refractivity contribution in [2.24, 2.45) is 0 Å². The van der Waals surface area contributed by atoms with Crippen LogP contribution in [0.2, 0.25) is 0 Å². The van der Waals surface area contributed by atoms with Crippen LogP contribution >= 0.6 is 0 Å². The zero-order valence-electron chi connectivity index (χ0n) is 24.7. The van der Waals surface area contributed by atoms with Crippen LogP contribution in [0.4, 0.5) is 10.5 Å². The second kappa shape index (κ2) is 11.7. The minimum atomic E-state index is -0.755. The van der Waals surface area contributed by atoms with E-state index >= 15 is 0 Å². The molecule has 0 unspecified atom stereocenters. The fourth-order valence-corrected chi connectivity index (χ4v) is 5.26. The number of esters is 1. The molecule has 218 valence electrons. The number of hydrogen-bond acceptors (Lipinski definition) is 7. The molecule has 0 radical (unpaired) electrons. The molecule has 0 bridgehead atoms. The van der Waals surface area contributed by atoms with E-state index in [9.17, 15) is 9.59 Å². The standard InChI is InChI=1S/C33H37BN2O6/c1-6-39-30(37)21-15-16-29(35)22(17-21)18-23(34-41-32(2,3)33(4,5)42-34)19-36-31(38)40-20-28-26-13-9-7-11-24(26)25-12-8-10-14-27(25)28/h7-18,28H,6,19-20,35H2,1-5H3,(H,36,38). The summed E-state index contributed by atoms with van der Waals surface area (Å²) in [5.74, 6) is -0.493. The Kier molecular flexibility index (Phi) is 8.17. The van der Waals surface area contributed by atoms with E-state index in [1.165, 1.54) is 0 Å². The van der Waals surface area contributed by atoms with Gasteiger partial charge in [0.25, 0.3) is 0 Å². The van der Waals surface area contributed by atoms with E-state index < -0.39 is 30.4 Å². The van der Waals surface area contributed by atoms with Gasteiger partial charge in [-0.3, -0.25) is 0 Å². The molecule has 1 amide bonds. The summed E-state index contributed by atoms with van der Waals surface area (Å²) in [6, 6.07) is 21.3. The summed E-state index contributed by atoms with van der Waals surface area (Å²) in [5.41, 5.74) is 11.7. The van der Waals surface area contributed by atoms with Crippen LogP contribution in [0.15, 0.2) is 72.2 Å². The summed E-state index contributed by atoms with van der Waals surface area (Å²) >= 11 is 0. The van der Waals surface area contributed by atoms with Crippen molar-refractivity contribution in [2.75, 3.05) is 25.5 Å². The lowest BCUT2D eigenvalue weighted by Crippen LogP contribution is -2.41. The third-order valence-corrected chi connectivity index (χ3v) is 8.28. The van der Waals surface area contributed by atoms with Gasteiger partial charge in [0.2, 0.25) is 0 Å². The van der Waals surface area contributed by atoms with Crippen LogP contribution in [0, 0.1) is 0 Å². The number of rotatable bonds is 8. The van der Waals surface area contributed by atoms with Crippen molar-refractivity contribution in [1.29, 1.82) is 0 Å². The van der Waals surface area contributed by atoms with Crippen LogP contribution in [-0.4, -0.2) is 50.1 Å². The van der Waals surface area contributed by atoms with Crippen LogP contribution in [0.3, 0.4) is 0 Å². The quantitative estimate of drug-likeness (QED) is 0.195. The molecule has 3 N–H and O–H groups in total. The van der Waals surface area contributed by atoms with E-state index in [0.717, 1.165) is 22.3 Å². The molecule has 42 heavy (non-hydrogen) atoms. The largest absolute Gasteiger partial charge is 0.492 e. The van der Waals surface area contributed by atoms with E-state index in [1.54, 1.807) is 31.2 Å². The Morgan fingerprint density at radius 3 is 2.12 bits per heavy atom. The second-order valence-electron chi connectivity index (χ2n) is 11.6. The number of benzene rings is 3. The number of nitrogens with two attached hydrogens (primary N) is 1. The Balaban J connectivity index is 1.34. The Morgan fingerprint density at radius 2 is 1.52 bits per heavy atom. The number of fused-ring (bicyclic) bond motifs is 3. The van der Waals surface area contributed by atoms with Gasteiger partial charge in [-0.1, -0.05) is 54.6 Å². The first kappa shape index (κ1) is 29.4. The smallest absolute Gasteiger partial charge is 0.462 e. The van der Waals surface area contributed by atoms with Crippen molar-refractivity contribution in [3.05, 3.63) is 94.5 Å². The van der Waals surface area contributed by atoms with Crippen molar-refractivity contribution < 1.29 is 28.4 Å². The molecule has 1 saturated heterocycles. The topological polar surface area (TPSA) is 109 Å². The first-order chi connectivity index (χ1) is 20.0. The van der Waals surface area contributed by atoms with Gasteiger partial charge in [0.05, 0.1) is 23.4 Å². The molecule has 2 aliphatic rings. The highest BCUT2D eigenvalue weighted by Gasteiger charge is 2.52. The van der Waals surface area contributed by atoms with E-state index in [1.807, 2.05) is 52.0 Å². The third-order valence-electron chi connectivity index (χ3n) is 8.28. The van der Waals surface area contributed by atoms with Crippen molar-refractivity contribution in [3.63, 3.8) is 0 Å². The minimum Gasteiger partial charge on any atom is -0.462 e. The van der Waals surface area contributed by atoms with Crippen LogP contribution in [0.25, 0.3) is 17.2 Å². The van der Waals surface area contributed by atoms with Gasteiger partial charge in [-0.2, -0.15) is 0 Å². The minimum absolute atomic E-state index is 0.0494. The number of anilines is 1.